The second-order valence-electron chi connectivity index (χ2n) is 9.79. The predicted molar refractivity (Wildman–Crippen MR) is 136 cm³/mol. The first kappa shape index (κ1) is 23.7. The number of fused-ring (bicyclic) bond motifs is 1. The molecule has 36 heavy (non-hydrogen) atoms. The van der Waals surface area contributed by atoms with Crippen molar-refractivity contribution in [3.8, 4) is 0 Å². The Bertz CT molecular complexity index is 1290. The standard InChI is InChI=1S/C28H30N6O2/c1-3-28(2)14-24(35)34(27(29)33-28)25(21-15-30-17-31-16-21)19-8-6-9-20(13-19)26(36)32-23-12-11-18-7-4-5-10-22(18)23/h4-10,13,15-17,23,25H,3,11-12,14H2,1-2H3,(H2,29,33)(H,32,36)/t23-,25?,28?/m0/s1. The van der Waals surface area contributed by atoms with E-state index in [1.807, 2.05) is 38.1 Å². The molecule has 8 nitrogen and oxygen atoms in total. The number of carbonyl (C=O) groups is 2. The monoisotopic (exact) mass is 482 g/mol. The van der Waals surface area contributed by atoms with Crippen molar-refractivity contribution in [2.75, 3.05) is 0 Å². The highest BCUT2D eigenvalue weighted by Gasteiger charge is 2.41. The molecule has 1 aromatic heterocycles. The third-order valence-corrected chi connectivity index (χ3v) is 7.31. The lowest BCUT2D eigenvalue weighted by atomic mass is 9.89. The van der Waals surface area contributed by atoms with Crippen LogP contribution in [0.5, 0.6) is 0 Å². The molecule has 5 rings (SSSR count). The minimum atomic E-state index is -0.639. The third kappa shape index (κ3) is 4.46. The quantitative estimate of drug-likeness (QED) is 0.493. The number of aromatic nitrogens is 2. The van der Waals surface area contributed by atoms with Crippen molar-refractivity contribution in [2.45, 2.75) is 57.2 Å². The Morgan fingerprint density at radius 2 is 1.97 bits per heavy atom. The first-order valence-electron chi connectivity index (χ1n) is 12.3. The SMILES string of the molecule is CCC1(C)CC(=O)N(C(c2cncnc2)c2cccc(C(=O)N[C@H]3CCc4ccccc43)c2)C(=N)N1. The van der Waals surface area contributed by atoms with Crippen molar-refractivity contribution in [1.82, 2.24) is 25.5 Å². The second-order valence-corrected chi connectivity index (χ2v) is 9.79. The summed E-state index contributed by atoms with van der Waals surface area (Å²) in [5.74, 6) is -0.297. The van der Waals surface area contributed by atoms with Gasteiger partial charge in [-0.2, -0.15) is 0 Å². The van der Waals surface area contributed by atoms with E-state index in [9.17, 15) is 9.59 Å². The van der Waals surface area contributed by atoms with Crippen LogP contribution >= 0.6 is 0 Å². The van der Waals surface area contributed by atoms with Crippen LogP contribution in [0.3, 0.4) is 0 Å². The lowest BCUT2D eigenvalue weighted by molar-refractivity contribution is -0.131. The van der Waals surface area contributed by atoms with Crippen LogP contribution in [-0.2, 0) is 11.2 Å². The number of hydrogen-bond acceptors (Lipinski definition) is 5. The Morgan fingerprint density at radius 3 is 2.72 bits per heavy atom. The van der Waals surface area contributed by atoms with Crippen molar-refractivity contribution >= 4 is 17.8 Å². The minimum Gasteiger partial charge on any atom is -0.350 e. The molecule has 2 aliphatic rings. The fraction of sp³-hybridized carbons (Fsp3) is 0.321. The highest BCUT2D eigenvalue weighted by molar-refractivity contribution is 6.00. The largest absolute Gasteiger partial charge is 0.350 e. The van der Waals surface area contributed by atoms with E-state index in [1.165, 1.54) is 22.4 Å². The van der Waals surface area contributed by atoms with Gasteiger partial charge >= 0.3 is 0 Å². The lowest BCUT2D eigenvalue weighted by Crippen LogP contribution is -2.61. The van der Waals surface area contributed by atoms with Gasteiger partial charge in [0.25, 0.3) is 5.91 Å². The molecular weight excluding hydrogens is 452 g/mol. The van der Waals surface area contributed by atoms with Crippen LogP contribution in [0.15, 0.2) is 67.3 Å². The van der Waals surface area contributed by atoms with E-state index in [1.54, 1.807) is 24.5 Å². The molecule has 3 atom stereocenters. The van der Waals surface area contributed by atoms with Crippen LogP contribution in [-0.4, -0.2) is 38.2 Å². The molecule has 2 unspecified atom stereocenters. The average Bonchev–Trinajstić information content (AvgIpc) is 3.29. The summed E-state index contributed by atoms with van der Waals surface area (Å²) in [4.78, 5) is 36.4. The highest BCUT2D eigenvalue weighted by Crippen LogP contribution is 2.34. The summed E-state index contributed by atoms with van der Waals surface area (Å²) in [5, 5.41) is 15.1. The number of carbonyl (C=O) groups excluding carboxylic acids is 2. The number of aryl methyl sites for hydroxylation is 1. The van der Waals surface area contributed by atoms with E-state index >= 15 is 0 Å². The zero-order chi connectivity index (χ0) is 25.3. The zero-order valence-corrected chi connectivity index (χ0v) is 20.5. The Morgan fingerprint density at radius 1 is 1.19 bits per heavy atom. The Kier molecular flexibility index (Phi) is 6.26. The number of rotatable bonds is 6. The molecular formula is C28H30N6O2. The van der Waals surface area contributed by atoms with Crippen LogP contribution in [0, 0.1) is 5.41 Å². The molecule has 0 spiro atoms. The van der Waals surface area contributed by atoms with Gasteiger partial charge in [0, 0.05) is 29.1 Å². The van der Waals surface area contributed by atoms with Crippen LogP contribution in [0.25, 0.3) is 0 Å². The van der Waals surface area contributed by atoms with Crippen molar-refractivity contribution in [3.63, 3.8) is 0 Å². The smallest absolute Gasteiger partial charge is 0.251 e. The molecule has 1 aliphatic carbocycles. The molecule has 0 saturated carbocycles. The maximum atomic E-state index is 13.4. The molecule has 8 heteroatoms. The predicted octanol–water partition coefficient (Wildman–Crippen LogP) is 3.91. The minimum absolute atomic E-state index is 0.0246. The van der Waals surface area contributed by atoms with Crippen molar-refractivity contribution in [3.05, 3.63) is 95.1 Å². The van der Waals surface area contributed by atoms with Gasteiger partial charge in [0.1, 0.15) is 6.33 Å². The molecule has 1 aliphatic heterocycles. The fourth-order valence-electron chi connectivity index (χ4n) is 5.16. The maximum Gasteiger partial charge on any atom is 0.251 e. The summed E-state index contributed by atoms with van der Waals surface area (Å²) >= 11 is 0. The number of nitrogens with one attached hydrogen (secondary N) is 3. The Hall–Kier alpha value is -4.07. The van der Waals surface area contributed by atoms with Gasteiger partial charge in [-0.1, -0.05) is 43.3 Å². The Balaban J connectivity index is 1.46. The van der Waals surface area contributed by atoms with Crippen molar-refractivity contribution in [1.29, 1.82) is 5.41 Å². The number of benzene rings is 2. The third-order valence-electron chi connectivity index (χ3n) is 7.31. The molecule has 2 aromatic carbocycles. The highest BCUT2D eigenvalue weighted by atomic mass is 16.2. The molecule has 0 radical (unpaired) electrons. The van der Waals surface area contributed by atoms with E-state index in [4.69, 9.17) is 5.41 Å². The number of hydrogen-bond donors (Lipinski definition) is 3. The molecule has 184 valence electrons. The van der Waals surface area contributed by atoms with Crippen LogP contribution in [0.2, 0.25) is 0 Å². The molecule has 1 saturated heterocycles. The van der Waals surface area contributed by atoms with Crippen molar-refractivity contribution < 1.29 is 9.59 Å². The van der Waals surface area contributed by atoms with Gasteiger partial charge in [0.2, 0.25) is 5.91 Å². The zero-order valence-electron chi connectivity index (χ0n) is 20.5. The van der Waals surface area contributed by atoms with Gasteiger partial charge in [-0.3, -0.25) is 19.9 Å². The van der Waals surface area contributed by atoms with E-state index in [0.717, 1.165) is 12.8 Å². The number of amides is 2. The Labute approximate surface area is 210 Å². The topological polar surface area (TPSA) is 111 Å². The summed E-state index contributed by atoms with van der Waals surface area (Å²) in [7, 11) is 0. The molecule has 2 heterocycles. The van der Waals surface area contributed by atoms with Gasteiger partial charge in [-0.05, 0) is 55.0 Å². The normalized spacial score (nSPS) is 22.1. The van der Waals surface area contributed by atoms with Gasteiger partial charge in [0.05, 0.1) is 18.5 Å². The van der Waals surface area contributed by atoms with Gasteiger partial charge in [-0.15, -0.1) is 0 Å². The molecule has 1 fully saturated rings. The summed E-state index contributed by atoms with van der Waals surface area (Å²) in [6.45, 7) is 3.94. The first-order valence-corrected chi connectivity index (χ1v) is 12.3. The van der Waals surface area contributed by atoms with Gasteiger partial charge < -0.3 is 10.6 Å². The summed E-state index contributed by atoms with van der Waals surface area (Å²) in [6.07, 6.45) is 7.52. The van der Waals surface area contributed by atoms with E-state index in [2.05, 4.69) is 32.7 Å². The van der Waals surface area contributed by atoms with Crippen LogP contribution in [0.4, 0.5) is 0 Å². The first-order chi connectivity index (χ1) is 17.4. The van der Waals surface area contributed by atoms with Crippen LogP contribution in [0.1, 0.15) is 77.8 Å². The van der Waals surface area contributed by atoms with Gasteiger partial charge in [0.15, 0.2) is 5.96 Å². The maximum absolute atomic E-state index is 13.4. The summed E-state index contributed by atoms with van der Waals surface area (Å²) < 4.78 is 0. The molecule has 2 amide bonds. The van der Waals surface area contributed by atoms with Gasteiger partial charge in [-0.25, -0.2) is 9.97 Å². The lowest BCUT2D eigenvalue weighted by Gasteiger charge is -2.43. The van der Waals surface area contributed by atoms with E-state index in [-0.39, 0.29) is 30.2 Å². The van der Waals surface area contributed by atoms with Crippen LogP contribution < -0.4 is 10.6 Å². The summed E-state index contributed by atoms with van der Waals surface area (Å²) in [6, 6.07) is 14.8. The molecule has 3 aromatic rings. The molecule has 0 bridgehead atoms. The summed E-state index contributed by atoms with van der Waals surface area (Å²) in [5.41, 5.74) is 3.85. The van der Waals surface area contributed by atoms with E-state index < -0.39 is 11.6 Å². The molecule has 3 N–H and O–H groups in total. The number of nitrogens with zero attached hydrogens (tertiary/aromatic N) is 3. The fourth-order valence-corrected chi connectivity index (χ4v) is 5.16. The average molecular weight is 483 g/mol. The second kappa shape index (κ2) is 9.53. The number of guanidine groups is 1. The van der Waals surface area contributed by atoms with E-state index in [0.29, 0.717) is 23.1 Å². The van der Waals surface area contributed by atoms with Crippen molar-refractivity contribution in [2.24, 2.45) is 0 Å².